The van der Waals surface area contributed by atoms with Crippen LogP contribution in [-0.4, -0.2) is 68.2 Å². The van der Waals surface area contributed by atoms with Gasteiger partial charge >= 0.3 is 12.1 Å². The number of hydrogen-bond donors (Lipinski definition) is 3. The van der Waals surface area contributed by atoms with Gasteiger partial charge in [0.2, 0.25) is 5.91 Å². The first-order valence-corrected chi connectivity index (χ1v) is 11.7. The van der Waals surface area contributed by atoms with Crippen molar-refractivity contribution in [1.29, 1.82) is 0 Å². The Morgan fingerprint density at radius 3 is 2.31 bits per heavy atom. The molecule has 1 aliphatic heterocycles. The summed E-state index contributed by atoms with van der Waals surface area (Å²) in [4.78, 5) is 36.3. The van der Waals surface area contributed by atoms with E-state index in [0.29, 0.717) is 6.42 Å². The Morgan fingerprint density at radius 2 is 1.71 bits per heavy atom. The predicted octanol–water partition coefficient (Wildman–Crippen LogP) is 2.53. The van der Waals surface area contributed by atoms with Crippen LogP contribution in [0.4, 0.5) is 4.79 Å². The number of carboxylic acid groups (broad SMARTS) is 1. The van der Waals surface area contributed by atoms with Crippen molar-refractivity contribution in [3.05, 3.63) is 59.7 Å². The number of carbonyl (C=O) groups is 3. The summed E-state index contributed by atoms with van der Waals surface area (Å²) in [5, 5.41) is 14.5. The number of rotatable bonds is 9. The standard InChI is InChI=1S/C26H30N2O7/c1-15(33-2)23(25(30)31)28-24(29)16-11-17(34-13-16)12-27-26(32)35-14-22-20-9-5-3-7-18(20)19-8-4-6-10-21(19)22/h3-10,15-17,22-23H,11-14H2,1-2H3,(H,27,32)(H,28,29)(H,30,31)/t15?,16-,17-,23?/m0/s1. The van der Waals surface area contributed by atoms with Crippen molar-refractivity contribution in [2.24, 2.45) is 5.92 Å². The Labute approximate surface area is 203 Å². The van der Waals surface area contributed by atoms with Crippen LogP contribution in [0.1, 0.15) is 30.4 Å². The molecule has 9 heteroatoms. The maximum absolute atomic E-state index is 12.5. The molecule has 0 aromatic heterocycles. The fourth-order valence-electron chi connectivity index (χ4n) is 4.66. The third-order valence-corrected chi connectivity index (χ3v) is 6.67. The van der Waals surface area contributed by atoms with E-state index in [1.807, 2.05) is 24.3 Å². The number of aliphatic carboxylic acids is 1. The lowest BCUT2D eigenvalue weighted by atomic mass is 9.98. The van der Waals surface area contributed by atoms with Crippen molar-refractivity contribution in [1.82, 2.24) is 10.6 Å². The van der Waals surface area contributed by atoms with E-state index >= 15 is 0 Å². The fourth-order valence-corrected chi connectivity index (χ4v) is 4.66. The lowest BCUT2D eigenvalue weighted by molar-refractivity contribution is -0.146. The molecule has 9 nitrogen and oxygen atoms in total. The Kier molecular flexibility index (Phi) is 7.67. The van der Waals surface area contributed by atoms with Crippen molar-refractivity contribution in [3.63, 3.8) is 0 Å². The van der Waals surface area contributed by atoms with E-state index in [2.05, 4.69) is 34.9 Å². The number of carboxylic acids is 1. The minimum Gasteiger partial charge on any atom is -0.480 e. The second-order valence-corrected chi connectivity index (χ2v) is 8.86. The average molecular weight is 483 g/mol. The summed E-state index contributed by atoms with van der Waals surface area (Å²) in [5.74, 6) is -2.11. The Balaban J connectivity index is 1.24. The maximum atomic E-state index is 12.5. The molecule has 1 heterocycles. The quantitative estimate of drug-likeness (QED) is 0.502. The highest BCUT2D eigenvalue weighted by Gasteiger charge is 2.35. The van der Waals surface area contributed by atoms with E-state index < -0.39 is 36.0 Å². The molecule has 0 saturated carbocycles. The van der Waals surface area contributed by atoms with Crippen molar-refractivity contribution in [3.8, 4) is 11.1 Å². The molecule has 2 aromatic carbocycles. The first kappa shape index (κ1) is 24.7. The van der Waals surface area contributed by atoms with Crippen LogP contribution in [0.3, 0.4) is 0 Å². The van der Waals surface area contributed by atoms with Crippen LogP contribution in [-0.2, 0) is 23.8 Å². The number of methoxy groups -OCH3 is 1. The monoisotopic (exact) mass is 482 g/mol. The fraction of sp³-hybridized carbons (Fsp3) is 0.423. The summed E-state index contributed by atoms with van der Waals surface area (Å²) in [6.45, 7) is 2.13. The Hall–Kier alpha value is -3.43. The number of carbonyl (C=O) groups excluding carboxylic acids is 2. The Bertz CT molecular complexity index is 1040. The zero-order valence-electron chi connectivity index (χ0n) is 19.7. The highest BCUT2D eigenvalue weighted by Crippen LogP contribution is 2.44. The molecule has 2 unspecified atom stereocenters. The Morgan fingerprint density at radius 1 is 1.09 bits per heavy atom. The molecule has 0 spiro atoms. The average Bonchev–Trinajstić information content (AvgIpc) is 3.47. The van der Waals surface area contributed by atoms with Gasteiger partial charge in [-0.05, 0) is 35.6 Å². The molecule has 0 radical (unpaired) electrons. The molecule has 3 N–H and O–H groups in total. The lowest BCUT2D eigenvalue weighted by Crippen LogP contribution is -2.50. The number of alkyl carbamates (subject to hydrolysis) is 1. The number of amides is 2. The van der Waals surface area contributed by atoms with E-state index in [0.717, 1.165) is 22.3 Å². The first-order valence-electron chi connectivity index (χ1n) is 11.7. The van der Waals surface area contributed by atoms with E-state index in [9.17, 15) is 19.5 Å². The molecule has 186 valence electrons. The third-order valence-electron chi connectivity index (χ3n) is 6.67. The molecule has 2 amide bonds. The zero-order chi connectivity index (χ0) is 24.9. The molecule has 35 heavy (non-hydrogen) atoms. The molecule has 1 fully saturated rings. The van der Waals surface area contributed by atoms with E-state index in [4.69, 9.17) is 14.2 Å². The van der Waals surface area contributed by atoms with Gasteiger partial charge in [-0.1, -0.05) is 48.5 Å². The molecule has 2 aromatic rings. The topological polar surface area (TPSA) is 123 Å². The molecule has 4 atom stereocenters. The van der Waals surface area contributed by atoms with Gasteiger partial charge in [0.15, 0.2) is 6.04 Å². The minimum absolute atomic E-state index is 0.0272. The number of fused-ring (bicyclic) bond motifs is 3. The maximum Gasteiger partial charge on any atom is 0.407 e. The molecular formula is C26H30N2O7. The van der Waals surface area contributed by atoms with Crippen molar-refractivity contribution in [2.45, 2.75) is 37.5 Å². The van der Waals surface area contributed by atoms with Crippen LogP contribution >= 0.6 is 0 Å². The van der Waals surface area contributed by atoms with Gasteiger partial charge in [-0.2, -0.15) is 0 Å². The summed E-state index contributed by atoms with van der Waals surface area (Å²) in [7, 11) is 1.39. The zero-order valence-corrected chi connectivity index (χ0v) is 19.7. The van der Waals surface area contributed by atoms with Crippen LogP contribution in [0, 0.1) is 5.92 Å². The van der Waals surface area contributed by atoms with E-state index in [-0.39, 0.29) is 31.8 Å². The lowest BCUT2D eigenvalue weighted by Gasteiger charge is -2.21. The van der Waals surface area contributed by atoms with Crippen molar-refractivity contribution < 1.29 is 33.7 Å². The summed E-state index contributed by atoms with van der Waals surface area (Å²) in [6, 6.07) is 15.1. The van der Waals surface area contributed by atoms with Crippen molar-refractivity contribution in [2.75, 3.05) is 26.9 Å². The van der Waals surface area contributed by atoms with Gasteiger partial charge < -0.3 is 30.0 Å². The summed E-state index contributed by atoms with van der Waals surface area (Å²) in [6.07, 6.45) is -1.23. The van der Waals surface area contributed by atoms with Gasteiger partial charge in [0.25, 0.3) is 0 Å². The molecule has 0 bridgehead atoms. The molecule has 4 rings (SSSR count). The molecule has 2 aliphatic rings. The van der Waals surface area contributed by atoms with Gasteiger partial charge in [0.05, 0.1) is 24.7 Å². The van der Waals surface area contributed by atoms with Gasteiger partial charge in [-0.25, -0.2) is 9.59 Å². The minimum atomic E-state index is -1.17. The van der Waals surface area contributed by atoms with E-state index in [1.165, 1.54) is 7.11 Å². The molecular weight excluding hydrogens is 452 g/mol. The molecule has 1 saturated heterocycles. The predicted molar refractivity (Wildman–Crippen MR) is 127 cm³/mol. The van der Waals surface area contributed by atoms with Gasteiger partial charge in [0.1, 0.15) is 6.61 Å². The smallest absolute Gasteiger partial charge is 0.407 e. The summed E-state index contributed by atoms with van der Waals surface area (Å²) < 4.78 is 16.2. The van der Waals surface area contributed by atoms with Crippen LogP contribution in [0.2, 0.25) is 0 Å². The second-order valence-electron chi connectivity index (χ2n) is 8.86. The number of hydrogen-bond acceptors (Lipinski definition) is 6. The number of benzene rings is 2. The summed E-state index contributed by atoms with van der Waals surface area (Å²) >= 11 is 0. The second kappa shape index (κ2) is 10.9. The van der Waals surface area contributed by atoms with Crippen LogP contribution in [0.5, 0.6) is 0 Å². The SMILES string of the molecule is COC(C)C(NC(=O)[C@@H]1CO[C@H](CNC(=O)OCC2c3ccccc3-c3ccccc32)C1)C(=O)O. The van der Waals surface area contributed by atoms with E-state index in [1.54, 1.807) is 6.92 Å². The normalized spacial score (nSPS) is 20.4. The van der Waals surface area contributed by atoms with Crippen LogP contribution < -0.4 is 10.6 Å². The van der Waals surface area contributed by atoms with Crippen molar-refractivity contribution >= 4 is 18.0 Å². The third kappa shape index (κ3) is 5.47. The summed E-state index contributed by atoms with van der Waals surface area (Å²) in [5.41, 5.74) is 4.59. The number of nitrogens with one attached hydrogen (secondary N) is 2. The number of ether oxygens (including phenoxy) is 3. The van der Waals surface area contributed by atoms with Crippen LogP contribution in [0.25, 0.3) is 11.1 Å². The van der Waals surface area contributed by atoms with Gasteiger partial charge in [0, 0.05) is 19.6 Å². The highest BCUT2D eigenvalue weighted by molar-refractivity contribution is 5.85. The van der Waals surface area contributed by atoms with Crippen LogP contribution in [0.15, 0.2) is 48.5 Å². The highest BCUT2D eigenvalue weighted by atomic mass is 16.5. The molecule has 1 aliphatic carbocycles. The first-order chi connectivity index (χ1) is 16.9. The van der Waals surface area contributed by atoms with Gasteiger partial charge in [-0.15, -0.1) is 0 Å². The largest absolute Gasteiger partial charge is 0.480 e. The van der Waals surface area contributed by atoms with Gasteiger partial charge in [-0.3, -0.25) is 4.79 Å².